The third-order valence-electron chi connectivity index (χ3n) is 5.43. The fourth-order valence-corrected chi connectivity index (χ4v) is 5.06. The summed E-state index contributed by atoms with van der Waals surface area (Å²) in [4.78, 5) is 0. The van der Waals surface area contributed by atoms with Gasteiger partial charge in [0.05, 0.1) is 6.61 Å². The monoisotopic (exact) mass is 251 g/mol. The summed E-state index contributed by atoms with van der Waals surface area (Å²) in [6, 6.07) is 0. The lowest BCUT2D eigenvalue weighted by Crippen LogP contribution is -2.58. The van der Waals surface area contributed by atoms with E-state index in [9.17, 15) is 0 Å². The van der Waals surface area contributed by atoms with Crippen LogP contribution in [-0.2, 0) is 4.74 Å². The molecule has 0 radical (unpaired) electrons. The van der Waals surface area contributed by atoms with Gasteiger partial charge in [0.2, 0.25) is 0 Å². The molecule has 0 aromatic heterocycles. The van der Waals surface area contributed by atoms with E-state index in [0.717, 1.165) is 37.5 Å². The predicted octanol–water partition coefficient (Wildman–Crippen LogP) is 3.36. The van der Waals surface area contributed by atoms with Crippen LogP contribution in [0.15, 0.2) is 0 Å². The van der Waals surface area contributed by atoms with Crippen LogP contribution in [0.25, 0.3) is 0 Å². The second-order valence-electron chi connectivity index (χ2n) is 7.09. The molecule has 4 aliphatic rings. The number of unbranched alkanes of at least 4 members (excludes halogenated alkanes) is 1. The third-order valence-corrected chi connectivity index (χ3v) is 5.43. The van der Waals surface area contributed by atoms with E-state index in [1.165, 1.54) is 51.4 Å². The van der Waals surface area contributed by atoms with Crippen LogP contribution in [0.5, 0.6) is 0 Å². The molecule has 0 amide bonds. The molecule has 4 saturated carbocycles. The third kappa shape index (κ3) is 2.75. The first kappa shape index (κ1) is 12.9. The average molecular weight is 251 g/mol. The van der Waals surface area contributed by atoms with Gasteiger partial charge in [-0.3, -0.25) is 0 Å². The van der Waals surface area contributed by atoms with Crippen molar-refractivity contribution in [2.24, 2.45) is 17.8 Å². The molecule has 0 spiro atoms. The van der Waals surface area contributed by atoms with Crippen molar-refractivity contribution in [2.45, 2.75) is 63.8 Å². The quantitative estimate of drug-likeness (QED) is 0.701. The minimum Gasteiger partial charge on any atom is -0.380 e. The van der Waals surface area contributed by atoms with Gasteiger partial charge in [-0.15, -0.1) is 0 Å². The summed E-state index contributed by atoms with van der Waals surface area (Å²) < 4.78 is 5.68. The summed E-state index contributed by atoms with van der Waals surface area (Å²) >= 11 is 0. The molecule has 0 aliphatic heterocycles. The Balaban J connectivity index is 1.42. The van der Waals surface area contributed by atoms with Crippen molar-refractivity contribution < 1.29 is 4.74 Å². The maximum atomic E-state index is 5.68. The molecule has 0 saturated heterocycles. The molecular weight excluding hydrogens is 222 g/mol. The molecule has 1 N–H and O–H groups in total. The predicted molar refractivity (Wildman–Crippen MR) is 74.6 cm³/mol. The maximum Gasteiger partial charge on any atom is 0.0591 e. The van der Waals surface area contributed by atoms with Gasteiger partial charge >= 0.3 is 0 Å². The maximum absolute atomic E-state index is 5.68. The second kappa shape index (κ2) is 5.50. The molecule has 104 valence electrons. The minimum absolute atomic E-state index is 0.517. The van der Waals surface area contributed by atoms with Gasteiger partial charge in [-0.2, -0.15) is 0 Å². The van der Waals surface area contributed by atoms with Crippen LogP contribution >= 0.6 is 0 Å². The van der Waals surface area contributed by atoms with E-state index < -0.39 is 0 Å². The number of rotatable bonds is 7. The van der Waals surface area contributed by atoms with E-state index in [4.69, 9.17) is 4.74 Å². The van der Waals surface area contributed by atoms with Crippen molar-refractivity contribution in [3.8, 4) is 0 Å². The van der Waals surface area contributed by atoms with Gasteiger partial charge in [0.1, 0.15) is 0 Å². The van der Waals surface area contributed by atoms with Gasteiger partial charge in [-0.25, -0.2) is 0 Å². The summed E-state index contributed by atoms with van der Waals surface area (Å²) in [7, 11) is 0. The molecule has 4 aliphatic carbocycles. The lowest BCUT2D eigenvalue weighted by Gasteiger charge is -2.57. The van der Waals surface area contributed by atoms with Gasteiger partial charge in [0, 0.05) is 18.7 Å². The van der Waals surface area contributed by atoms with E-state index in [1.54, 1.807) is 0 Å². The highest BCUT2D eigenvalue weighted by Gasteiger charge is 2.50. The Hall–Kier alpha value is -0.0800. The summed E-state index contributed by atoms with van der Waals surface area (Å²) in [5.74, 6) is 3.14. The van der Waals surface area contributed by atoms with Crippen LogP contribution in [0, 0.1) is 17.8 Å². The van der Waals surface area contributed by atoms with Crippen molar-refractivity contribution in [2.75, 3.05) is 19.8 Å². The molecular formula is C16H29NO. The van der Waals surface area contributed by atoms with Crippen LogP contribution in [0.3, 0.4) is 0 Å². The van der Waals surface area contributed by atoms with E-state index in [-0.39, 0.29) is 0 Å². The van der Waals surface area contributed by atoms with Crippen molar-refractivity contribution >= 4 is 0 Å². The summed E-state index contributed by atoms with van der Waals surface area (Å²) in [5.41, 5.74) is 0.517. The Labute approximate surface area is 112 Å². The smallest absolute Gasteiger partial charge is 0.0591 e. The molecule has 2 heteroatoms. The second-order valence-corrected chi connectivity index (χ2v) is 7.09. The van der Waals surface area contributed by atoms with Crippen LogP contribution in [0.1, 0.15) is 58.3 Å². The van der Waals surface area contributed by atoms with Crippen LogP contribution in [0.4, 0.5) is 0 Å². The van der Waals surface area contributed by atoms with E-state index in [1.807, 2.05) is 0 Å². The van der Waals surface area contributed by atoms with Gasteiger partial charge < -0.3 is 10.1 Å². The van der Waals surface area contributed by atoms with Crippen LogP contribution < -0.4 is 5.32 Å². The molecule has 0 aromatic rings. The molecule has 0 unspecified atom stereocenters. The zero-order valence-corrected chi connectivity index (χ0v) is 11.9. The van der Waals surface area contributed by atoms with E-state index in [2.05, 4.69) is 12.2 Å². The topological polar surface area (TPSA) is 21.3 Å². The number of ether oxygens (including phenoxy) is 1. The Morgan fingerprint density at radius 2 is 1.61 bits per heavy atom. The molecule has 0 heterocycles. The fourth-order valence-electron chi connectivity index (χ4n) is 5.06. The zero-order chi connectivity index (χ0) is 12.4. The standard InChI is InChI=1S/C16H29NO/c1-2-3-5-18-6-4-17-16-10-13-7-14(11-16)9-15(8-13)12-16/h13-15,17H,2-12H2,1H3. The Kier molecular flexibility index (Phi) is 3.95. The molecule has 2 nitrogen and oxygen atoms in total. The summed E-state index contributed by atoms with van der Waals surface area (Å²) in [5, 5.41) is 3.88. The molecule has 0 aromatic carbocycles. The molecule has 18 heavy (non-hydrogen) atoms. The Morgan fingerprint density at radius 3 is 2.17 bits per heavy atom. The average Bonchev–Trinajstić information content (AvgIpc) is 2.32. The summed E-state index contributed by atoms with van der Waals surface area (Å²) in [6.07, 6.45) is 11.4. The zero-order valence-electron chi connectivity index (χ0n) is 11.9. The highest BCUT2D eigenvalue weighted by Crippen LogP contribution is 2.55. The summed E-state index contributed by atoms with van der Waals surface area (Å²) in [6.45, 7) is 5.13. The first-order chi connectivity index (χ1) is 8.80. The first-order valence-electron chi connectivity index (χ1n) is 8.12. The van der Waals surface area contributed by atoms with Crippen LogP contribution in [-0.4, -0.2) is 25.3 Å². The van der Waals surface area contributed by atoms with Gasteiger partial charge in [0.25, 0.3) is 0 Å². The Morgan fingerprint density at radius 1 is 1.00 bits per heavy atom. The lowest BCUT2D eigenvalue weighted by atomic mass is 9.53. The Bertz CT molecular complexity index is 241. The lowest BCUT2D eigenvalue weighted by molar-refractivity contribution is -0.0229. The number of hydrogen-bond acceptors (Lipinski definition) is 2. The fraction of sp³-hybridized carbons (Fsp3) is 1.00. The van der Waals surface area contributed by atoms with Gasteiger partial charge in [-0.05, 0) is 62.7 Å². The molecule has 4 bridgehead atoms. The normalized spacial score (nSPS) is 41.5. The van der Waals surface area contributed by atoms with E-state index in [0.29, 0.717) is 5.54 Å². The highest BCUT2D eigenvalue weighted by molar-refractivity contribution is 5.06. The van der Waals surface area contributed by atoms with E-state index >= 15 is 0 Å². The van der Waals surface area contributed by atoms with Crippen LogP contribution in [0.2, 0.25) is 0 Å². The largest absolute Gasteiger partial charge is 0.380 e. The minimum atomic E-state index is 0.517. The van der Waals surface area contributed by atoms with Crippen molar-refractivity contribution in [1.82, 2.24) is 5.32 Å². The van der Waals surface area contributed by atoms with Crippen molar-refractivity contribution in [3.63, 3.8) is 0 Å². The first-order valence-corrected chi connectivity index (χ1v) is 8.12. The van der Waals surface area contributed by atoms with Crippen molar-refractivity contribution in [1.29, 1.82) is 0 Å². The SMILES string of the molecule is CCCCOCCNC12CC3CC(CC(C3)C1)C2. The van der Waals surface area contributed by atoms with Gasteiger partial charge in [0.15, 0.2) is 0 Å². The molecule has 4 rings (SSSR count). The molecule has 4 fully saturated rings. The van der Waals surface area contributed by atoms with Gasteiger partial charge in [-0.1, -0.05) is 13.3 Å². The number of hydrogen-bond donors (Lipinski definition) is 1. The number of nitrogens with one attached hydrogen (secondary N) is 1. The molecule has 0 atom stereocenters. The highest BCUT2D eigenvalue weighted by atomic mass is 16.5. The van der Waals surface area contributed by atoms with Crippen molar-refractivity contribution in [3.05, 3.63) is 0 Å².